The minimum atomic E-state index is -3.91. The number of hydrogen-bond acceptors (Lipinski definition) is 5. The first-order chi connectivity index (χ1) is 15.3. The van der Waals surface area contributed by atoms with Gasteiger partial charge >= 0.3 is 0 Å². The highest BCUT2D eigenvalue weighted by Gasteiger charge is 2.36. The van der Waals surface area contributed by atoms with Crippen LogP contribution in [0.25, 0.3) is 0 Å². The van der Waals surface area contributed by atoms with Gasteiger partial charge in [0.2, 0.25) is 0 Å². The number of benzene rings is 2. The van der Waals surface area contributed by atoms with Crippen molar-refractivity contribution in [2.75, 3.05) is 18.9 Å². The number of amides is 1. The molecule has 1 aliphatic rings. The zero-order valence-electron chi connectivity index (χ0n) is 18.2. The van der Waals surface area contributed by atoms with Crippen molar-refractivity contribution in [3.63, 3.8) is 0 Å². The number of rotatable bonds is 8. The average Bonchev–Trinajstić information content (AvgIpc) is 3.34. The van der Waals surface area contributed by atoms with Crippen molar-refractivity contribution in [3.8, 4) is 5.75 Å². The molecule has 1 aromatic heterocycles. The molecule has 2 unspecified atom stereocenters. The fourth-order valence-corrected chi connectivity index (χ4v) is 4.77. The van der Waals surface area contributed by atoms with Crippen LogP contribution in [-0.2, 0) is 16.6 Å². The molecule has 2 atom stereocenters. The number of ether oxygens (including phenoxy) is 1. The molecule has 0 aliphatic heterocycles. The van der Waals surface area contributed by atoms with E-state index in [2.05, 4.69) is 11.6 Å². The highest BCUT2D eigenvalue weighted by atomic mass is 32.2. The van der Waals surface area contributed by atoms with Crippen molar-refractivity contribution in [2.45, 2.75) is 30.7 Å². The number of nitrogens with zero attached hydrogens (tertiary/aromatic N) is 1. The Bertz CT molecular complexity index is 1230. The van der Waals surface area contributed by atoms with Gasteiger partial charge in [-0.15, -0.1) is 0 Å². The molecule has 1 amide bonds. The molecular weight excluding hydrogens is 428 g/mol. The lowest BCUT2D eigenvalue weighted by atomic mass is 10.2. The van der Waals surface area contributed by atoms with Crippen molar-refractivity contribution < 1.29 is 22.4 Å². The van der Waals surface area contributed by atoms with E-state index in [-0.39, 0.29) is 16.4 Å². The number of carbonyl (C=O) groups is 1. The SMILES string of the molecule is COc1ccccc1NS(=O)(=O)c1cccc(C(=O)N(C)Cc2ccc(C3CC3C)o2)c1. The Hall–Kier alpha value is -3.26. The van der Waals surface area contributed by atoms with E-state index in [1.165, 1.54) is 24.1 Å². The third-order valence-electron chi connectivity index (χ3n) is 5.64. The molecule has 1 heterocycles. The van der Waals surface area contributed by atoms with E-state index in [1.54, 1.807) is 43.4 Å². The molecule has 168 valence electrons. The quantitative estimate of drug-likeness (QED) is 0.542. The zero-order chi connectivity index (χ0) is 22.9. The van der Waals surface area contributed by atoms with Crippen LogP contribution >= 0.6 is 0 Å². The summed E-state index contributed by atoms with van der Waals surface area (Å²) in [5, 5.41) is 0. The van der Waals surface area contributed by atoms with Gasteiger partial charge in [0.05, 0.1) is 24.2 Å². The van der Waals surface area contributed by atoms with Gasteiger partial charge in [-0.3, -0.25) is 9.52 Å². The molecule has 3 aromatic rings. The number of carbonyl (C=O) groups excluding carboxylic acids is 1. The van der Waals surface area contributed by atoms with Crippen LogP contribution in [0, 0.1) is 5.92 Å². The zero-order valence-corrected chi connectivity index (χ0v) is 19.1. The number of para-hydroxylation sites is 2. The normalized spacial score (nSPS) is 17.6. The van der Waals surface area contributed by atoms with Crippen LogP contribution in [0.2, 0.25) is 0 Å². The minimum absolute atomic E-state index is 0.00865. The molecule has 2 aromatic carbocycles. The lowest BCUT2D eigenvalue weighted by molar-refractivity contribution is 0.0774. The van der Waals surface area contributed by atoms with E-state index in [9.17, 15) is 13.2 Å². The first-order valence-corrected chi connectivity index (χ1v) is 11.9. The Morgan fingerprint density at radius 1 is 1.16 bits per heavy atom. The Balaban J connectivity index is 1.48. The first kappa shape index (κ1) is 22.0. The molecule has 8 heteroatoms. The molecule has 0 spiro atoms. The summed E-state index contributed by atoms with van der Waals surface area (Å²) in [5.41, 5.74) is 0.598. The maximum Gasteiger partial charge on any atom is 0.262 e. The van der Waals surface area contributed by atoms with Crippen molar-refractivity contribution in [3.05, 3.63) is 77.7 Å². The lowest BCUT2D eigenvalue weighted by Gasteiger charge is -2.17. The molecule has 7 nitrogen and oxygen atoms in total. The Kier molecular flexibility index (Phi) is 5.97. The van der Waals surface area contributed by atoms with E-state index >= 15 is 0 Å². The summed E-state index contributed by atoms with van der Waals surface area (Å²) in [6, 6.07) is 16.6. The number of anilines is 1. The van der Waals surface area contributed by atoms with Crippen LogP contribution in [0.5, 0.6) is 5.75 Å². The lowest BCUT2D eigenvalue weighted by Crippen LogP contribution is -2.26. The third kappa shape index (κ3) is 4.65. The molecule has 32 heavy (non-hydrogen) atoms. The molecule has 4 rings (SSSR count). The predicted octanol–water partition coefficient (Wildman–Crippen LogP) is 4.48. The smallest absolute Gasteiger partial charge is 0.262 e. The van der Waals surface area contributed by atoms with Crippen molar-refractivity contribution in [2.24, 2.45) is 5.92 Å². The second-order valence-electron chi connectivity index (χ2n) is 8.12. The van der Waals surface area contributed by atoms with Crippen LogP contribution in [0.3, 0.4) is 0 Å². The number of hydrogen-bond donors (Lipinski definition) is 1. The van der Waals surface area contributed by atoms with Gasteiger partial charge in [-0.25, -0.2) is 8.42 Å². The first-order valence-electron chi connectivity index (χ1n) is 10.4. The monoisotopic (exact) mass is 454 g/mol. The molecule has 0 radical (unpaired) electrons. The summed E-state index contributed by atoms with van der Waals surface area (Å²) in [6.45, 7) is 2.49. The summed E-state index contributed by atoms with van der Waals surface area (Å²) in [6.07, 6.45) is 1.13. The number of sulfonamides is 1. The highest BCUT2D eigenvalue weighted by molar-refractivity contribution is 7.92. The standard InChI is InChI=1S/C24H26N2O5S/c1-16-13-20(16)22-12-11-18(31-22)15-26(2)24(27)17-7-6-8-19(14-17)32(28,29)25-21-9-4-5-10-23(21)30-3/h4-12,14,16,20,25H,13,15H2,1-3H3. The van der Waals surface area contributed by atoms with Gasteiger partial charge in [-0.05, 0) is 54.8 Å². The van der Waals surface area contributed by atoms with Gasteiger partial charge in [0.1, 0.15) is 17.3 Å². The van der Waals surface area contributed by atoms with Crippen LogP contribution in [-0.4, -0.2) is 33.4 Å². The van der Waals surface area contributed by atoms with Crippen molar-refractivity contribution in [1.82, 2.24) is 4.90 Å². The van der Waals surface area contributed by atoms with Gasteiger partial charge in [0.15, 0.2) is 0 Å². The van der Waals surface area contributed by atoms with Gasteiger partial charge < -0.3 is 14.1 Å². The maximum atomic E-state index is 12.9. The average molecular weight is 455 g/mol. The highest BCUT2D eigenvalue weighted by Crippen LogP contribution is 2.47. The number of furan rings is 1. The Morgan fingerprint density at radius 2 is 1.91 bits per heavy atom. The second-order valence-corrected chi connectivity index (χ2v) is 9.80. The number of nitrogens with one attached hydrogen (secondary N) is 1. The molecule has 1 saturated carbocycles. The molecule has 0 saturated heterocycles. The van der Waals surface area contributed by atoms with E-state index in [4.69, 9.17) is 9.15 Å². The van der Waals surface area contributed by atoms with Crippen LogP contribution < -0.4 is 9.46 Å². The summed E-state index contributed by atoms with van der Waals surface area (Å²) >= 11 is 0. The van der Waals surface area contributed by atoms with E-state index < -0.39 is 10.0 Å². The topological polar surface area (TPSA) is 88.8 Å². The van der Waals surface area contributed by atoms with E-state index in [0.717, 1.165) is 12.2 Å². The van der Waals surface area contributed by atoms with Gasteiger partial charge in [-0.1, -0.05) is 25.1 Å². The second kappa shape index (κ2) is 8.70. The van der Waals surface area contributed by atoms with Crippen LogP contribution in [0.1, 0.15) is 41.1 Å². The van der Waals surface area contributed by atoms with Gasteiger partial charge in [0, 0.05) is 18.5 Å². The fourth-order valence-electron chi connectivity index (χ4n) is 3.65. The summed E-state index contributed by atoms with van der Waals surface area (Å²) in [4.78, 5) is 14.4. The summed E-state index contributed by atoms with van der Waals surface area (Å²) in [5.74, 6) is 2.89. The Morgan fingerprint density at radius 3 is 2.62 bits per heavy atom. The predicted molar refractivity (Wildman–Crippen MR) is 121 cm³/mol. The van der Waals surface area contributed by atoms with Gasteiger partial charge in [0.25, 0.3) is 15.9 Å². The van der Waals surface area contributed by atoms with Crippen molar-refractivity contribution in [1.29, 1.82) is 0 Å². The molecule has 1 aliphatic carbocycles. The largest absolute Gasteiger partial charge is 0.495 e. The Labute approximate surface area is 188 Å². The third-order valence-corrected chi connectivity index (χ3v) is 7.00. The molecule has 1 fully saturated rings. The maximum absolute atomic E-state index is 12.9. The van der Waals surface area contributed by atoms with Crippen LogP contribution in [0.4, 0.5) is 5.69 Å². The minimum Gasteiger partial charge on any atom is -0.495 e. The summed E-state index contributed by atoms with van der Waals surface area (Å²) in [7, 11) is -0.777. The fraction of sp³-hybridized carbons (Fsp3) is 0.292. The molecule has 0 bridgehead atoms. The van der Waals surface area contributed by atoms with Gasteiger partial charge in [-0.2, -0.15) is 0 Å². The van der Waals surface area contributed by atoms with Crippen molar-refractivity contribution >= 4 is 21.6 Å². The van der Waals surface area contributed by atoms with E-state index in [0.29, 0.717) is 35.6 Å². The summed E-state index contributed by atoms with van der Waals surface area (Å²) < 4.78 is 39.4. The van der Waals surface area contributed by atoms with E-state index in [1.807, 2.05) is 12.1 Å². The number of methoxy groups -OCH3 is 1. The molecule has 1 N–H and O–H groups in total. The molecular formula is C24H26N2O5S. The van der Waals surface area contributed by atoms with Crippen LogP contribution in [0.15, 0.2) is 70.0 Å².